The molecule has 2 heterocycles. The van der Waals surface area contributed by atoms with Crippen molar-refractivity contribution in [3.63, 3.8) is 0 Å². The van der Waals surface area contributed by atoms with Gasteiger partial charge in [0.15, 0.2) is 0 Å². The van der Waals surface area contributed by atoms with Gasteiger partial charge < -0.3 is 4.57 Å². The molecular weight excluding hydrogens is 478 g/mol. The maximum Gasteiger partial charge on any atom is 0.0653 e. The molecule has 0 amide bonds. The lowest BCUT2D eigenvalue weighted by Crippen LogP contribution is -2.23. The second kappa shape index (κ2) is 6.52. The minimum absolute atomic E-state index is 0.0143. The number of hydrogen-bond donors (Lipinski definition) is 0. The first-order valence-electron chi connectivity index (χ1n) is 12.0. The molecule has 0 spiro atoms. The maximum atomic E-state index is 3.67. The lowest BCUT2D eigenvalue weighted by molar-refractivity contribution is 0.476. The molecule has 0 saturated carbocycles. The molecule has 0 bridgehead atoms. The van der Waals surface area contributed by atoms with E-state index in [9.17, 15) is 0 Å². The molecule has 34 heavy (non-hydrogen) atoms. The molecule has 0 atom stereocenters. The zero-order chi connectivity index (χ0) is 23.4. The van der Waals surface area contributed by atoms with Gasteiger partial charge in [-0.1, -0.05) is 78.3 Å². The molecule has 0 N–H and O–H groups in total. The van der Waals surface area contributed by atoms with E-state index in [1.165, 1.54) is 61.1 Å². The van der Waals surface area contributed by atoms with Gasteiger partial charge in [0, 0.05) is 26.4 Å². The quantitative estimate of drug-likeness (QED) is 0.215. The molecule has 5 aromatic rings. The Morgan fingerprint density at radius 3 is 2.12 bits per heavy atom. The van der Waals surface area contributed by atoms with Crippen LogP contribution in [0.4, 0.5) is 0 Å². The van der Waals surface area contributed by atoms with Crippen molar-refractivity contribution in [3.8, 4) is 33.5 Å². The first kappa shape index (κ1) is 20.3. The first-order chi connectivity index (χ1) is 16.3. The molecule has 4 aromatic carbocycles. The van der Waals surface area contributed by atoms with Gasteiger partial charge in [0.2, 0.25) is 0 Å². The molecule has 7 rings (SSSR count). The normalized spacial score (nSPS) is 16.3. The topological polar surface area (TPSA) is 4.93 Å². The molecule has 2 aliphatic rings. The van der Waals surface area contributed by atoms with Crippen LogP contribution in [-0.2, 0) is 11.0 Å². The minimum atomic E-state index is -0.0488. The van der Waals surface area contributed by atoms with Crippen LogP contribution in [0.5, 0.6) is 0 Å². The van der Waals surface area contributed by atoms with Crippen molar-refractivity contribution in [2.45, 2.75) is 38.6 Å². The number of aromatic nitrogens is 1. The summed E-state index contributed by atoms with van der Waals surface area (Å²) in [5.74, 6) is 0. The van der Waals surface area contributed by atoms with Crippen LogP contribution in [0, 0.1) is 0 Å². The van der Waals surface area contributed by atoms with Gasteiger partial charge in [-0.15, -0.1) is 0 Å². The third-order valence-corrected chi connectivity index (χ3v) is 8.69. The van der Waals surface area contributed by atoms with E-state index in [1.807, 2.05) is 0 Å². The molecule has 0 radical (unpaired) electrons. The van der Waals surface area contributed by atoms with E-state index in [4.69, 9.17) is 0 Å². The fraction of sp³-hybridized carbons (Fsp3) is 0.188. The van der Waals surface area contributed by atoms with Crippen LogP contribution in [0.15, 0.2) is 89.4 Å². The van der Waals surface area contributed by atoms with Gasteiger partial charge in [-0.25, -0.2) is 0 Å². The van der Waals surface area contributed by atoms with Gasteiger partial charge in [0.25, 0.3) is 0 Å². The SMILES string of the molecule is CC1(C)c2cc(Br)ccc2-c2ccc(-c3ccc4c(c3)cc3n4C(C)(C)c4ccccc4-3)cc21. The number of benzene rings is 4. The molecule has 166 valence electrons. The summed E-state index contributed by atoms with van der Waals surface area (Å²) in [6.45, 7) is 9.34. The van der Waals surface area contributed by atoms with Crippen molar-refractivity contribution in [1.82, 2.24) is 4.57 Å². The smallest absolute Gasteiger partial charge is 0.0653 e. The fourth-order valence-corrected chi connectivity index (χ4v) is 6.81. The van der Waals surface area contributed by atoms with Gasteiger partial charge in [0.05, 0.1) is 11.2 Å². The predicted molar refractivity (Wildman–Crippen MR) is 146 cm³/mol. The Hall–Kier alpha value is -3.10. The molecule has 0 unspecified atom stereocenters. The Morgan fingerprint density at radius 1 is 0.618 bits per heavy atom. The summed E-state index contributed by atoms with van der Waals surface area (Å²) >= 11 is 3.67. The number of rotatable bonds is 1. The standard InChI is InChI=1S/C32H26BrN/c1-31(2)27-16-20(9-12-23(27)24-13-11-22(33)18-28(24)31)19-10-14-29-21(15-19)17-30-25-7-5-6-8-26(25)32(3,4)34(29)30/h5-18H,1-4H3. The van der Waals surface area contributed by atoms with Crippen LogP contribution in [0.3, 0.4) is 0 Å². The molecule has 1 aliphatic heterocycles. The second-order valence-corrected chi connectivity index (χ2v) is 11.7. The minimum Gasteiger partial charge on any atom is -0.331 e. The summed E-state index contributed by atoms with van der Waals surface area (Å²) < 4.78 is 3.65. The highest BCUT2D eigenvalue weighted by Gasteiger charge is 2.37. The highest BCUT2D eigenvalue weighted by molar-refractivity contribution is 9.10. The predicted octanol–water partition coefficient (Wildman–Crippen LogP) is 9.14. The van der Waals surface area contributed by atoms with Crippen LogP contribution >= 0.6 is 15.9 Å². The Labute approximate surface area is 209 Å². The van der Waals surface area contributed by atoms with E-state index < -0.39 is 0 Å². The number of nitrogens with zero attached hydrogens (tertiary/aromatic N) is 1. The second-order valence-electron chi connectivity index (χ2n) is 10.8. The van der Waals surface area contributed by atoms with E-state index in [1.54, 1.807) is 0 Å². The molecule has 0 saturated heterocycles. The first-order valence-corrected chi connectivity index (χ1v) is 12.8. The summed E-state index contributed by atoms with van der Waals surface area (Å²) in [5.41, 5.74) is 13.4. The lowest BCUT2D eigenvalue weighted by Gasteiger charge is -2.24. The summed E-state index contributed by atoms with van der Waals surface area (Å²) in [5, 5.41) is 1.31. The zero-order valence-corrected chi connectivity index (χ0v) is 21.5. The Balaban J connectivity index is 1.38. The van der Waals surface area contributed by atoms with Crippen LogP contribution < -0.4 is 0 Å². The average molecular weight is 504 g/mol. The largest absolute Gasteiger partial charge is 0.331 e. The summed E-state index contributed by atoms with van der Waals surface area (Å²) in [6, 6.07) is 31.9. The van der Waals surface area contributed by atoms with Crippen LogP contribution in [0.25, 0.3) is 44.4 Å². The molecule has 1 nitrogen and oxygen atoms in total. The lowest BCUT2D eigenvalue weighted by atomic mass is 9.81. The van der Waals surface area contributed by atoms with Crippen LogP contribution in [-0.4, -0.2) is 4.57 Å². The zero-order valence-electron chi connectivity index (χ0n) is 19.9. The Kier molecular flexibility index (Phi) is 3.89. The van der Waals surface area contributed by atoms with Crippen LogP contribution in [0.1, 0.15) is 44.4 Å². The summed E-state index contributed by atoms with van der Waals surface area (Å²) in [6.07, 6.45) is 0. The number of fused-ring (bicyclic) bond motifs is 8. The third-order valence-electron chi connectivity index (χ3n) is 8.19. The van der Waals surface area contributed by atoms with Crippen molar-refractivity contribution in [1.29, 1.82) is 0 Å². The molecule has 2 heteroatoms. The van der Waals surface area contributed by atoms with Crippen molar-refractivity contribution < 1.29 is 0 Å². The van der Waals surface area contributed by atoms with Gasteiger partial charge in [-0.3, -0.25) is 0 Å². The van der Waals surface area contributed by atoms with E-state index >= 15 is 0 Å². The van der Waals surface area contributed by atoms with E-state index in [0.29, 0.717) is 0 Å². The molecule has 0 fully saturated rings. The van der Waals surface area contributed by atoms with Gasteiger partial charge in [-0.05, 0) is 89.2 Å². The fourth-order valence-electron chi connectivity index (χ4n) is 6.45. The molecule has 1 aromatic heterocycles. The van der Waals surface area contributed by atoms with Crippen molar-refractivity contribution >= 4 is 26.8 Å². The highest BCUT2D eigenvalue weighted by Crippen LogP contribution is 2.51. The molecule has 1 aliphatic carbocycles. The van der Waals surface area contributed by atoms with E-state index in [2.05, 4.69) is 133 Å². The number of halogens is 1. The van der Waals surface area contributed by atoms with E-state index in [-0.39, 0.29) is 11.0 Å². The van der Waals surface area contributed by atoms with Gasteiger partial charge in [0.1, 0.15) is 0 Å². The Bertz CT molecular complexity index is 1660. The highest BCUT2D eigenvalue weighted by atomic mass is 79.9. The number of hydrogen-bond acceptors (Lipinski definition) is 0. The van der Waals surface area contributed by atoms with Gasteiger partial charge in [-0.2, -0.15) is 0 Å². The average Bonchev–Trinajstić information content (AvgIpc) is 3.39. The third kappa shape index (κ3) is 2.50. The van der Waals surface area contributed by atoms with Crippen molar-refractivity contribution in [2.75, 3.05) is 0 Å². The van der Waals surface area contributed by atoms with Crippen molar-refractivity contribution in [2.24, 2.45) is 0 Å². The Morgan fingerprint density at radius 2 is 1.29 bits per heavy atom. The van der Waals surface area contributed by atoms with Crippen molar-refractivity contribution in [3.05, 3.63) is 106 Å². The van der Waals surface area contributed by atoms with E-state index in [0.717, 1.165) is 4.47 Å². The van der Waals surface area contributed by atoms with Gasteiger partial charge >= 0.3 is 0 Å². The monoisotopic (exact) mass is 503 g/mol. The molecular formula is C32H26BrN. The summed E-state index contributed by atoms with van der Waals surface area (Å²) in [7, 11) is 0. The summed E-state index contributed by atoms with van der Waals surface area (Å²) in [4.78, 5) is 0. The maximum absolute atomic E-state index is 3.67. The van der Waals surface area contributed by atoms with Crippen LogP contribution in [0.2, 0.25) is 0 Å².